The molecule has 0 fully saturated rings. The van der Waals surface area contributed by atoms with E-state index in [0.29, 0.717) is 18.5 Å². The highest BCUT2D eigenvalue weighted by Crippen LogP contribution is 2.04. The van der Waals surface area contributed by atoms with Crippen molar-refractivity contribution >= 4 is 5.78 Å². The van der Waals surface area contributed by atoms with Crippen LogP contribution < -0.4 is 5.32 Å². The molecule has 0 spiro atoms. The predicted molar refractivity (Wildman–Crippen MR) is 65.7 cm³/mol. The number of pyridine rings is 1. The van der Waals surface area contributed by atoms with E-state index < -0.39 is 0 Å². The number of nitrogens with zero attached hydrogens (tertiary/aromatic N) is 1. The average Bonchev–Trinajstić information content (AvgIpc) is 2.16. The van der Waals surface area contributed by atoms with E-state index in [1.807, 2.05) is 19.1 Å². The Morgan fingerprint density at radius 3 is 2.56 bits per heavy atom. The summed E-state index contributed by atoms with van der Waals surface area (Å²) >= 11 is 0. The zero-order chi connectivity index (χ0) is 12.2. The number of nitrogens with one attached hydrogen (secondary N) is 1. The van der Waals surface area contributed by atoms with E-state index in [2.05, 4.69) is 31.1 Å². The molecule has 88 valence electrons. The van der Waals surface area contributed by atoms with Crippen molar-refractivity contribution in [2.75, 3.05) is 6.54 Å². The Balaban J connectivity index is 2.44. The Morgan fingerprint density at radius 2 is 2.06 bits per heavy atom. The molecule has 0 aliphatic rings. The van der Waals surface area contributed by atoms with Gasteiger partial charge in [-0.2, -0.15) is 0 Å². The van der Waals surface area contributed by atoms with Gasteiger partial charge in [0.05, 0.1) is 0 Å². The van der Waals surface area contributed by atoms with Crippen molar-refractivity contribution in [3.05, 3.63) is 29.6 Å². The molecule has 0 aliphatic heterocycles. The number of aryl methyl sites for hydroxylation is 1. The van der Waals surface area contributed by atoms with Gasteiger partial charge in [0.25, 0.3) is 0 Å². The Labute approximate surface area is 97.3 Å². The molecule has 0 saturated carbocycles. The van der Waals surface area contributed by atoms with E-state index in [1.165, 1.54) is 0 Å². The first kappa shape index (κ1) is 12.8. The van der Waals surface area contributed by atoms with Crippen LogP contribution in [-0.4, -0.2) is 22.9 Å². The van der Waals surface area contributed by atoms with Gasteiger partial charge in [0, 0.05) is 36.0 Å². The minimum Gasteiger partial charge on any atom is -0.312 e. The van der Waals surface area contributed by atoms with Crippen molar-refractivity contribution in [1.82, 2.24) is 10.3 Å². The van der Waals surface area contributed by atoms with Crippen LogP contribution in [-0.2, 0) is 0 Å². The van der Waals surface area contributed by atoms with Gasteiger partial charge in [-0.15, -0.1) is 0 Å². The quantitative estimate of drug-likeness (QED) is 0.792. The predicted octanol–water partition coefficient (Wildman–Crippen LogP) is 2.35. The van der Waals surface area contributed by atoms with Crippen LogP contribution in [0.15, 0.2) is 18.3 Å². The fraction of sp³-hybridized carbons (Fsp3) is 0.538. The third-order valence-corrected chi connectivity index (χ3v) is 2.24. The highest BCUT2D eigenvalue weighted by atomic mass is 16.1. The maximum Gasteiger partial charge on any atom is 0.165 e. The summed E-state index contributed by atoms with van der Waals surface area (Å²) in [5, 5.41) is 3.29. The smallest absolute Gasteiger partial charge is 0.165 e. The molecule has 0 radical (unpaired) electrons. The SMILES string of the molecule is Cc1ccc(C(=O)CCNC(C)(C)C)cn1. The first-order valence-electron chi connectivity index (χ1n) is 5.59. The van der Waals surface area contributed by atoms with Gasteiger partial charge in [-0.05, 0) is 39.8 Å². The summed E-state index contributed by atoms with van der Waals surface area (Å²) in [7, 11) is 0. The van der Waals surface area contributed by atoms with E-state index in [4.69, 9.17) is 0 Å². The highest BCUT2D eigenvalue weighted by molar-refractivity contribution is 5.95. The zero-order valence-corrected chi connectivity index (χ0v) is 10.5. The number of carbonyl (C=O) groups excluding carboxylic acids is 1. The molecule has 0 atom stereocenters. The lowest BCUT2D eigenvalue weighted by molar-refractivity contribution is 0.0980. The normalized spacial score (nSPS) is 11.5. The number of aromatic nitrogens is 1. The monoisotopic (exact) mass is 220 g/mol. The molecule has 3 heteroatoms. The van der Waals surface area contributed by atoms with Crippen molar-refractivity contribution in [3.8, 4) is 0 Å². The summed E-state index contributed by atoms with van der Waals surface area (Å²) in [5.41, 5.74) is 1.69. The summed E-state index contributed by atoms with van der Waals surface area (Å²) in [6.07, 6.45) is 2.16. The number of hydrogen-bond acceptors (Lipinski definition) is 3. The second kappa shape index (κ2) is 5.21. The molecule has 0 amide bonds. The van der Waals surface area contributed by atoms with Crippen LogP contribution in [0.25, 0.3) is 0 Å². The molecule has 1 aromatic heterocycles. The topological polar surface area (TPSA) is 42.0 Å². The lowest BCUT2D eigenvalue weighted by Gasteiger charge is -2.20. The first-order chi connectivity index (χ1) is 7.38. The molecule has 0 aliphatic carbocycles. The van der Waals surface area contributed by atoms with Gasteiger partial charge in [0.15, 0.2) is 5.78 Å². The minimum absolute atomic E-state index is 0.0613. The molecule has 3 nitrogen and oxygen atoms in total. The summed E-state index contributed by atoms with van der Waals surface area (Å²) in [6, 6.07) is 3.70. The summed E-state index contributed by atoms with van der Waals surface area (Å²) in [4.78, 5) is 15.9. The van der Waals surface area contributed by atoms with Crippen LogP contribution in [0, 0.1) is 6.92 Å². The largest absolute Gasteiger partial charge is 0.312 e. The Bertz CT molecular complexity index is 349. The average molecular weight is 220 g/mol. The maximum absolute atomic E-state index is 11.8. The molecule has 1 N–H and O–H groups in total. The van der Waals surface area contributed by atoms with Gasteiger partial charge in [-0.1, -0.05) is 0 Å². The number of carbonyl (C=O) groups is 1. The molecular weight excluding hydrogens is 200 g/mol. The molecule has 0 aromatic carbocycles. The van der Waals surface area contributed by atoms with Gasteiger partial charge >= 0.3 is 0 Å². The van der Waals surface area contributed by atoms with Crippen molar-refractivity contribution in [2.45, 2.75) is 39.7 Å². The second-order valence-corrected chi connectivity index (χ2v) is 5.04. The molecule has 1 aromatic rings. The van der Waals surface area contributed by atoms with Gasteiger partial charge in [-0.3, -0.25) is 9.78 Å². The fourth-order valence-corrected chi connectivity index (χ4v) is 1.33. The molecule has 0 saturated heterocycles. The zero-order valence-electron chi connectivity index (χ0n) is 10.5. The van der Waals surface area contributed by atoms with Gasteiger partial charge in [0.1, 0.15) is 0 Å². The highest BCUT2D eigenvalue weighted by Gasteiger charge is 2.10. The van der Waals surface area contributed by atoms with Gasteiger partial charge in [-0.25, -0.2) is 0 Å². The van der Waals surface area contributed by atoms with Crippen LogP contribution >= 0.6 is 0 Å². The van der Waals surface area contributed by atoms with E-state index in [0.717, 1.165) is 5.69 Å². The number of ketones is 1. The van der Waals surface area contributed by atoms with Crippen molar-refractivity contribution in [3.63, 3.8) is 0 Å². The summed E-state index contributed by atoms with van der Waals surface area (Å²) in [5.74, 6) is 0.143. The molecule has 0 unspecified atom stereocenters. The number of hydrogen-bond donors (Lipinski definition) is 1. The Kier molecular flexibility index (Phi) is 4.19. The number of rotatable bonds is 4. The van der Waals surface area contributed by atoms with E-state index in [1.54, 1.807) is 6.20 Å². The van der Waals surface area contributed by atoms with E-state index in [-0.39, 0.29) is 11.3 Å². The molecule has 1 rings (SSSR count). The molecule has 1 heterocycles. The van der Waals surface area contributed by atoms with Crippen molar-refractivity contribution < 1.29 is 4.79 Å². The lowest BCUT2D eigenvalue weighted by atomic mass is 10.1. The van der Waals surface area contributed by atoms with Crippen LogP contribution in [0.1, 0.15) is 43.2 Å². The number of Topliss-reactive ketones (excluding diaryl/α,β-unsaturated/α-hetero) is 1. The van der Waals surface area contributed by atoms with E-state index in [9.17, 15) is 4.79 Å². The minimum atomic E-state index is 0.0613. The maximum atomic E-state index is 11.8. The third-order valence-electron chi connectivity index (χ3n) is 2.24. The van der Waals surface area contributed by atoms with Gasteiger partial charge in [0.2, 0.25) is 0 Å². The van der Waals surface area contributed by atoms with Crippen LogP contribution in [0.5, 0.6) is 0 Å². The lowest BCUT2D eigenvalue weighted by Crippen LogP contribution is -2.37. The molecule has 0 bridgehead atoms. The Hall–Kier alpha value is -1.22. The standard InChI is InChI=1S/C13H20N2O/c1-10-5-6-11(9-14-10)12(16)7-8-15-13(2,3)4/h5-6,9,15H,7-8H2,1-4H3. The summed E-state index contributed by atoms with van der Waals surface area (Å²) < 4.78 is 0. The van der Waals surface area contributed by atoms with Crippen LogP contribution in [0.3, 0.4) is 0 Å². The molecule has 16 heavy (non-hydrogen) atoms. The van der Waals surface area contributed by atoms with Gasteiger partial charge < -0.3 is 5.32 Å². The molecular formula is C13H20N2O. The van der Waals surface area contributed by atoms with Crippen molar-refractivity contribution in [2.24, 2.45) is 0 Å². The first-order valence-corrected chi connectivity index (χ1v) is 5.59. The van der Waals surface area contributed by atoms with Crippen LogP contribution in [0.2, 0.25) is 0 Å². The second-order valence-electron chi connectivity index (χ2n) is 5.04. The van der Waals surface area contributed by atoms with Crippen LogP contribution in [0.4, 0.5) is 0 Å². The third kappa shape index (κ3) is 4.53. The Morgan fingerprint density at radius 1 is 1.38 bits per heavy atom. The van der Waals surface area contributed by atoms with Crippen molar-refractivity contribution in [1.29, 1.82) is 0 Å². The summed E-state index contributed by atoms with van der Waals surface area (Å²) in [6.45, 7) is 8.88. The fourth-order valence-electron chi connectivity index (χ4n) is 1.33. The van der Waals surface area contributed by atoms with E-state index >= 15 is 0 Å².